The fraction of sp³-hybridized carbons (Fsp3) is 0.464. The van der Waals surface area contributed by atoms with E-state index in [1.54, 1.807) is 21.3 Å². The number of aromatic nitrogens is 1. The van der Waals surface area contributed by atoms with Crippen molar-refractivity contribution in [3.8, 4) is 34.3 Å². The lowest BCUT2D eigenvalue weighted by atomic mass is 10.00. The van der Waals surface area contributed by atoms with Gasteiger partial charge < -0.3 is 23.8 Å². The van der Waals surface area contributed by atoms with Crippen molar-refractivity contribution in [1.82, 2.24) is 14.8 Å². The highest BCUT2D eigenvalue weighted by Gasteiger charge is 2.28. The Morgan fingerprint density at radius 3 is 2.34 bits per heavy atom. The molecule has 2 aliphatic heterocycles. The van der Waals surface area contributed by atoms with Gasteiger partial charge in [0.2, 0.25) is 0 Å². The summed E-state index contributed by atoms with van der Waals surface area (Å²) < 4.78 is 23.3. The molecule has 1 aromatic heterocycles. The van der Waals surface area contributed by atoms with Crippen LogP contribution in [0.4, 0.5) is 0 Å². The van der Waals surface area contributed by atoms with Crippen molar-refractivity contribution >= 4 is 10.9 Å². The molecule has 35 heavy (non-hydrogen) atoms. The van der Waals surface area contributed by atoms with Crippen molar-refractivity contribution in [1.29, 1.82) is 0 Å². The number of pyridine rings is 1. The molecule has 0 aliphatic carbocycles. The molecule has 2 aliphatic rings. The van der Waals surface area contributed by atoms with E-state index in [4.69, 9.17) is 23.9 Å². The molecule has 3 heterocycles. The minimum absolute atomic E-state index is 0.577. The third kappa shape index (κ3) is 4.50. The van der Waals surface area contributed by atoms with Gasteiger partial charge in [-0.2, -0.15) is 0 Å². The highest BCUT2D eigenvalue weighted by atomic mass is 16.5. The minimum Gasteiger partial charge on any atom is -0.496 e. The Morgan fingerprint density at radius 1 is 0.914 bits per heavy atom. The first-order valence-electron chi connectivity index (χ1n) is 12.3. The lowest BCUT2D eigenvalue weighted by Gasteiger charge is -2.36. The summed E-state index contributed by atoms with van der Waals surface area (Å²) in [6.45, 7) is 6.80. The molecule has 7 nitrogen and oxygen atoms in total. The smallest absolute Gasteiger partial charge is 0.165 e. The van der Waals surface area contributed by atoms with Crippen LogP contribution in [0.1, 0.15) is 24.0 Å². The Morgan fingerprint density at radius 2 is 1.63 bits per heavy atom. The first kappa shape index (κ1) is 23.7. The van der Waals surface area contributed by atoms with E-state index in [2.05, 4.69) is 35.9 Å². The van der Waals surface area contributed by atoms with Crippen LogP contribution in [0.2, 0.25) is 0 Å². The predicted octanol–water partition coefficient (Wildman–Crippen LogP) is 4.52. The van der Waals surface area contributed by atoms with E-state index >= 15 is 0 Å². The molecular weight excluding hydrogens is 442 g/mol. The third-order valence-electron chi connectivity index (χ3n) is 7.37. The van der Waals surface area contributed by atoms with Crippen LogP contribution in [0.5, 0.6) is 23.0 Å². The molecule has 5 rings (SSSR count). The Kier molecular flexibility index (Phi) is 6.71. The fourth-order valence-electron chi connectivity index (χ4n) is 5.43. The number of hydrogen-bond donors (Lipinski definition) is 0. The molecule has 0 saturated carbocycles. The van der Waals surface area contributed by atoms with Crippen molar-refractivity contribution in [3.05, 3.63) is 41.5 Å². The summed E-state index contributed by atoms with van der Waals surface area (Å²) in [5, 5.41) is 0.967. The van der Waals surface area contributed by atoms with Crippen LogP contribution in [0.15, 0.2) is 30.3 Å². The number of nitrogens with zero attached hydrogens (tertiary/aromatic N) is 3. The second kappa shape index (κ2) is 9.91. The molecule has 1 saturated heterocycles. The topological polar surface area (TPSA) is 56.3 Å². The number of benzene rings is 2. The number of piperidine rings is 1. The van der Waals surface area contributed by atoms with Gasteiger partial charge in [-0.25, -0.2) is 4.98 Å². The van der Waals surface area contributed by atoms with Gasteiger partial charge in [-0.1, -0.05) is 0 Å². The van der Waals surface area contributed by atoms with E-state index in [0.29, 0.717) is 12.6 Å². The predicted molar refractivity (Wildman–Crippen MR) is 138 cm³/mol. The lowest BCUT2D eigenvalue weighted by Crippen LogP contribution is -2.44. The standard InChI is InChI=1S/C28H35N3O4/c1-18-14-22(29-27-24(33-4)7-6-23(32-3)26(18)27)19-15-20-17-31(21-8-10-30(2)11-9-21)12-13-35-28(20)25(16-19)34-5/h6-7,14-16,21H,8-13,17H2,1-5H3. The van der Waals surface area contributed by atoms with E-state index in [-0.39, 0.29) is 0 Å². The average molecular weight is 478 g/mol. The van der Waals surface area contributed by atoms with E-state index in [9.17, 15) is 0 Å². The zero-order valence-electron chi connectivity index (χ0n) is 21.4. The van der Waals surface area contributed by atoms with Crippen molar-refractivity contribution in [2.45, 2.75) is 32.4 Å². The zero-order chi connectivity index (χ0) is 24.5. The molecule has 0 bridgehead atoms. The van der Waals surface area contributed by atoms with Crippen LogP contribution in [0, 0.1) is 6.92 Å². The number of hydrogen-bond acceptors (Lipinski definition) is 7. The fourth-order valence-corrected chi connectivity index (χ4v) is 5.43. The van der Waals surface area contributed by atoms with Crippen molar-refractivity contribution in [2.24, 2.45) is 0 Å². The number of methoxy groups -OCH3 is 3. The Labute approximate surface area is 207 Å². The summed E-state index contributed by atoms with van der Waals surface area (Å²) in [7, 11) is 7.26. The van der Waals surface area contributed by atoms with Crippen LogP contribution in [0.3, 0.4) is 0 Å². The van der Waals surface area contributed by atoms with Gasteiger partial charge in [0.1, 0.15) is 23.6 Å². The van der Waals surface area contributed by atoms with Gasteiger partial charge in [0, 0.05) is 35.6 Å². The molecule has 0 spiro atoms. The van der Waals surface area contributed by atoms with E-state index < -0.39 is 0 Å². The Bertz CT molecular complexity index is 1220. The first-order chi connectivity index (χ1) is 17.0. The lowest BCUT2D eigenvalue weighted by molar-refractivity contribution is 0.107. The average Bonchev–Trinajstić information content (AvgIpc) is 3.10. The maximum atomic E-state index is 6.23. The van der Waals surface area contributed by atoms with Gasteiger partial charge in [0.15, 0.2) is 11.5 Å². The maximum absolute atomic E-state index is 6.23. The van der Waals surface area contributed by atoms with Crippen molar-refractivity contribution < 1.29 is 18.9 Å². The summed E-state index contributed by atoms with van der Waals surface area (Å²) in [4.78, 5) is 10.0. The molecular formula is C28H35N3O4. The minimum atomic E-state index is 0.577. The molecule has 0 radical (unpaired) electrons. The molecule has 0 unspecified atom stereocenters. The second-order valence-corrected chi connectivity index (χ2v) is 9.54. The van der Waals surface area contributed by atoms with Crippen LogP contribution in [0.25, 0.3) is 22.2 Å². The molecule has 0 amide bonds. The van der Waals surface area contributed by atoms with Crippen molar-refractivity contribution in [2.75, 3.05) is 54.6 Å². The number of aryl methyl sites for hydroxylation is 1. The van der Waals surface area contributed by atoms with Gasteiger partial charge >= 0.3 is 0 Å². The Balaban J connectivity index is 1.58. The maximum Gasteiger partial charge on any atom is 0.165 e. The summed E-state index contributed by atoms with van der Waals surface area (Å²) in [5.74, 6) is 3.12. The van der Waals surface area contributed by atoms with Gasteiger partial charge in [0.05, 0.1) is 27.0 Å². The van der Waals surface area contributed by atoms with Gasteiger partial charge in [-0.15, -0.1) is 0 Å². The second-order valence-electron chi connectivity index (χ2n) is 9.54. The zero-order valence-corrected chi connectivity index (χ0v) is 21.4. The third-order valence-corrected chi connectivity index (χ3v) is 7.37. The molecule has 186 valence electrons. The van der Waals surface area contributed by atoms with Crippen LogP contribution < -0.4 is 18.9 Å². The molecule has 2 aromatic carbocycles. The van der Waals surface area contributed by atoms with Crippen LogP contribution in [-0.2, 0) is 6.54 Å². The van der Waals surface area contributed by atoms with E-state index in [1.807, 2.05) is 18.2 Å². The monoisotopic (exact) mass is 477 g/mol. The highest BCUT2D eigenvalue weighted by Crippen LogP contribution is 2.41. The van der Waals surface area contributed by atoms with E-state index in [1.165, 1.54) is 12.8 Å². The van der Waals surface area contributed by atoms with Crippen molar-refractivity contribution in [3.63, 3.8) is 0 Å². The molecule has 7 heteroatoms. The molecule has 3 aromatic rings. The summed E-state index contributed by atoms with van der Waals surface area (Å²) in [6, 6.07) is 10.8. The van der Waals surface area contributed by atoms with Gasteiger partial charge in [0.25, 0.3) is 0 Å². The quantitative estimate of drug-likeness (QED) is 0.535. The highest BCUT2D eigenvalue weighted by molar-refractivity contribution is 5.94. The molecule has 0 atom stereocenters. The summed E-state index contributed by atoms with van der Waals surface area (Å²) >= 11 is 0. The largest absolute Gasteiger partial charge is 0.496 e. The van der Waals surface area contributed by atoms with Crippen LogP contribution >= 0.6 is 0 Å². The normalized spacial score (nSPS) is 17.5. The van der Waals surface area contributed by atoms with Gasteiger partial charge in [-0.05, 0) is 75.8 Å². The number of likely N-dealkylation sites (tertiary alicyclic amines) is 1. The SMILES string of the molecule is COc1cc(-c2cc(C)c3c(OC)ccc(OC)c3n2)cc2c1OCCN(C1CCN(C)CC1)C2. The molecule has 0 N–H and O–H groups in total. The number of fused-ring (bicyclic) bond motifs is 2. The molecule has 1 fully saturated rings. The number of rotatable bonds is 5. The first-order valence-corrected chi connectivity index (χ1v) is 12.3. The number of ether oxygens (including phenoxy) is 4. The Hall–Kier alpha value is -3.03. The van der Waals surface area contributed by atoms with E-state index in [0.717, 1.165) is 82.5 Å². The van der Waals surface area contributed by atoms with Crippen LogP contribution in [-0.4, -0.2) is 75.4 Å². The summed E-state index contributed by atoms with van der Waals surface area (Å²) in [6.07, 6.45) is 2.38. The van der Waals surface area contributed by atoms with Gasteiger partial charge in [-0.3, -0.25) is 4.90 Å². The summed E-state index contributed by atoms with van der Waals surface area (Å²) in [5.41, 5.74) is 4.90.